The second-order valence-corrected chi connectivity index (χ2v) is 10.9. The van der Waals surface area contributed by atoms with Crippen molar-refractivity contribution in [2.75, 3.05) is 13.1 Å². The summed E-state index contributed by atoms with van der Waals surface area (Å²) >= 11 is 1.50. The Labute approximate surface area is 187 Å². The molecule has 8 heteroatoms. The third-order valence-corrected chi connectivity index (χ3v) is 8.50. The van der Waals surface area contributed by atoms with Crippen molar-refractivity contribution in [1.29, 1.82) is 0 Å². The molecule has 3 heterocycles. The van der Waals surface area contributed by atoms with Gasteiger partial charge in [-0.3, -0.25) is 4.79 Å². The Hall–Kier alpha value is -2.16. The first kappa shape index (κ1) is 22.0. The van der Waals surface area contributed by atoms with Gasteiger partial charge in [0, 0.05) is 35.5 Å². The Kier molecular flexibility index (Phi) is 6.23. The van der Waals surface area contributed by atoms with E-state index in [4.69, 9.17) is 4.42 Å². The molecule has 1 N–H and O–H groups in total. The highest BCUT2D eigenvalue weighted by Gasteiger charge is 2.29. The predicted molar refractivity (Wildman–Crippen MR) is 123 cm³/mol. The van der Waals surface area contributed by atoms with Gasteiger partial charge in [0.15, 0.2) is 11.3 Å². The first-order chi connectivity index (χ1) is 14.8. The number of sulfonamides is 1. The van der Waals surface area contributed by atoms with Crippen LogP contribution in [0.1, 0.15) is 57.8 Å². The molecule has 1 aromatic carbocycles. The number of thiophene rings is 1. The van der Waals surface area contributed by atoms with Gasteiger partial charge in [-0.15, -0.1) is 11.3 Å². The third-order valence-electron chi connectivity index (χ3n) is 6.07. The summed E-state index contributed by atoms with van der Waals surface area (Å²) in [6.07, 6.45) is 4.21. The second-order valence-electron chi connectivity index (χ2n) is 8.19. The number of amides is 1. The number of carbonyl (C=O) groups excluding carboxylic acids is 1. The van der Waals surface area contributed by atoms with Gasteiger partial charge in [-0.25, -0.2) is 13.1 Å². The zero-order valence-corrected chi connectivity index (χ0v) is 19.8. The summed E-state index contributed by atoms with van der Waals surface area (Å²) in [5.41, 5.74) is 2.44. The van der Waals surface area contributed by atoms with Crippen LogP contribution in [0.15, 0.2) is 32.9 Å². The monoisotopic (exact) mass is 460 g/mol. The number of aryl methyl sites for hydroxylation is 2. The zero-order valence-electron chi connectivity index (χ0n) is 18.2. The molecule has 3 aromatic rings. The van der Waals surface area contributed by atoms with Crippen LogP contribution in [0, 0.1) is 20.8 Å². The van der Waals surface area contributed by atoms with Gasteiger partial charge in [0.25, 0.3) is 5.91 Å². The first-order valence-electron chi connectivity index (χ1n) is 10.6. The van der Waals surface area contributed by atoms with Crippen molar-refractivity contribution in [3.8, 4) is 0 Å². The number of hydrogen-bond acceptors (Lipinski definition) is 5. The van der Waals surface area contributed by atoms with Crippen LogP contribution < -0.4 is 4.72 Å². The summed E-state index contributed by atoms with van der Waals surface area (Å²) in [6, 6.07) is 5.70. The molecule has 0 aliphatic carbocycles. The minimum absolute atomic E-state index is 0.122. The fraction of sp³-hybridized carbons (Fsp3) is 0.435. The smallest absolute Gasteiger partial charge is 0.289 e. The number of hydrogen-bond donors (Lipinski definition) is 1. The van der Waals surface area contributed by atoms with Crippen LogP contribution in [-0.4, -0.2) is 32.3 Å². The average Bonchev–Trinajstić information content (AvgIpc) is 3.26. The summed E-state index contributed by atoms with van der Waals surface area (Å²) in [5, 5.41) is 2.59. The molecular formula is C23H28N2O4S2. The Balaban J connectivity index is 1.77. The van der Waals surface area contributed by atoms with Crippen molar-refractivity contribution in [3.63, 3.8) is 0 Å². The Bertz CT molecular complexity index is 1200. The number of likely N-dealkylation sites (tertiary alicyclic amines) is 1. The summed E-state index contributed by atoms with van der Waals surface area (Å²) in [5.74, 6) is 0.0948. The molecule has 0 saturated carbocycles. The van der Waals surface area contributed by atoms with Gasteiger partial charge >= 0.3 is 0 Å². The second kappa shape index (κ2) is 8.76. The molecule has 0 atom stereocenters. The SMILES string of the molecule is Cc1cc2c(C)c(C(=O)N3CCCCCC3)oc2c(S(=O)(=O)NCc2cccs2)c1C. The summed E-state index contributed by atoms with van der Waals surface area (Å²) in [4.78, 5) is 16.1. The fourth-order valence-electron chi connectivity index (χ4n) is 4.14. The normalized spacial score (nSPS) is 15.4. The maximum Gasteiger partial charge on any atom is 0.289 e. The van der Waals surface area contributed by atoms with Crippen molar-refractivity contribution in [2.45, 2.75) is 57.9 Å². The van der Waals surface area contributed by atoms with Crippen molar-refractivity contribution in [3.05, 3.63) is 50.9 Å². The number of benzene rings is 1. The highest BCUT2D eigenvalue weighted by atomic mass is 32.2. The highest BCUT2D eigenvalue weighted by Crippen LogP contribution is 2.35. The molecule has 4 rings (SSSR count). The third kappa shape index (κ3) is 4.29. The molecule has 1 fully saturated rings. The molecule has 166 valence electrons. The first-order valence-corrected chi connectivity index (χ1v) is 13.0. The van der Waals surface area contributed by atoms with Gasteiger partial charge in [-0.05, 0) is 62.3 Å². The molecule has 0 spiro atoms. The molecule has 31 heavy (non-hydrogen) atoms. The summed E-state index contributed by atoms with van der Waals surface area (Å²) in [6.45, 7) is 7.13. The van der Waals surface area contributed by atoms with Crippen LogP contribution in [0.4, 0.5) is 0 Å². The van der Waals surface area contributed by atoms with Gasteiger partial charge in [-0.1, -0.05) is 18.9 Å². The highest BCUT2D eigenvalue weighted by molar-refractivity contribution is 7.89. The van der Waals surface area contributed by atoms with Gasteiger partial charge < -0.3 is 9.32 Å². The van der Waals surface area contributed by atoms with E-state index in [1.807, 2.05) is 42.3 Å². The van der Waals surface area contributed by atoms with Crippen LogP contribution in [0.5, 0.6) is 0 Å². The van der Waals surface area contributed by atoms with Gasteiger partial charge in [-0.2, -0.15) is 0 Å². The van der Waals surface area contributed by atoms with E-state index < -0.39 is 10.0 Å². The van der Waals surface area contributed by atoms with E-state index >= 15 is 0 Å². The van der Waals surface area contributed by atoms with Crippen molar-refractivity contribution in [1.82, 2.24) is 9.62 Å². The van der Waals surface area contributed by atoms with E-state index in [0.717, 1.165) is 36.1 Å². The lowest BCUT2D eigenvalue weighted by Crippen LogP contribution is -2.31. The summed E-state index contributed by atoms with van der Waals surface area (Å²) in [7, 11) is -3.84. The number of nitrogens with zero attached hydrogens (tertiary/aromatic N) is 1. The minimum atomic E-state index is -3.84. The van der Waals surface area contributed by atoms with Crippen molar-refractivity contribution >= 4 is 38.2 Å². The molecule has 2 aromatic heterocycles. The van der Waals surface area contributed by atoms with Crippen LogP contribution >= 0.6 is 11.3 Å². The van der Waals surface area contributed by atoms with E-state index in [2.05, 4.69) is 4.72 Å². The maximum atomic E-state index is 13.3. The van der Waals surface area contributed by atoms with Crippen molar-refractivity contribution in [2.24, 2.45) is 0 Å². The number of nitrogens with one attached hydrogen (secondary N) is 1. The lowest BCUT2D eigenvalue weighted by Gasteiger charge is -2.19. The number of rotatable bonds is 5. The molecule has 1 saturated heterocycles. The molecule has 0 radical (unpaired) electrons. The molecule has 0 unspecified atom stereocenters. The molecule has 1 aliphatic rings. The predicted octanol–water partition coefficient (Wildman–Crippen LogP) is 4.91. The van der Waals surface area contributed by atoms with Crippen LogP contribution in [0.3, 0.4) is 0 Å². The Morgan fingerprint density at radius 2 is 1.84 bits per heavy atom. The molecule has 1 aliphatic heterocycles. The van der Waals surface area contributed by atoms with Gasteiger partial charge in [0.2, 0.25) is 10.0 Å². The van der Waals surface area contributed by atoms with Crippen LogP contribution in [0.2, 0.25) is 0 Å². The molecule has 6 nitrogen and oxygen atoms in total. The maximum absolute atomic E-state index is 13.3. The van der Waals surface area contributed by atoms with E-state index in [1.165, 1.54) is 11.3 Å². The largest absolute Gasteiger partial charge is 0.449 e. The zero-order chi connectivity index (χ0) is 22.2. The van der Waals surface area contributed by atoms with Crippen LogP contribution in [0.25, 0.3) is 11.0 Å². The van der Waals surface area contributed by atoms with Crippen LogP contribution in [-0.2, 0) is 16.6 Å². The fourth-order valence-corrected chi connectivity index (χ4v) is 6.32. The Morgan fingerprint density at radius 1 is 1.13 bits per heavy atom. The molecular weight excluding hydrogens is 432 g/mol. The van der Waals surface area contributed by atoms with E-state index in [0.29, 0.717) is 29.6 Å². The van der Waals surface area contributed by atoms with Gasteiger partial charge in [0.05, 0.1) is 0 Å². The van der Waals surface area contributed by atoms with Gasteiger partial charge in [0.1, 0.15) is 4.90 Å². The van der Waals surface area contributed by atoms with E-state index in [1.54, 1.807) is 6.92 Å². The Morgan fingerprint density at radius 3 is 2.48 bits per heavy atom. The quantitative estimate of drug-likeness (QED) is 0.586. The number of furan rings is 1. The minimum Gasteiger partial charge on any atom is -0.449 e. The van der Waals surface area contributed by atoms with E-state index in [9.17, 15) is 13.2 Å². The van der Waals surface area contributed by atoms with Crippen molar-refractivity contribution < 1.29 is 17.6 Å². The lowest BCUT2D eigenvalue weighted by molar-refractivity contribution is 0.0731. The standard InChI is InChI=1S/C23H28N2O4S2/c1-15-13-19-17(3)20(23(26)25-10-6-4-5-7-11-25)29-21(19)22(16(15)2)31(27,28)24-14-18-9-8-12-30-18/h8-9,12-13,24H,4-7,10-11,14H2,1-3H3. The number of carbonyl (C=O) groups is 1. The molecule has 1 amide bonds. The topological polar surface area (TPSA) is 79.6 Å². The lowest BCUT2D eigenvalue weighted by atomic mass is 10.0. The number of fused-ring (bicyclic) bond motifs is 1. The molecule has 0 bridgehead atoms. The summed E-state index contributed by atoms with van der Waals surface area (Å²) < 4.78 is 35.3. The average molecular weight is 461 g/mol. The van der Waals surface area contributed by atoms with E-state index in [-0.39, 0.29) is 28.7 Å².